The zero-order valence-corrected chi connectivity index (χ0v) is 14.7. The van der Waals surface area contributed by atoms with Gasteiger partial charge in [0, 0.05) is 29.3 Å². The van der Waals surface area contributed by atoms with Gasteiger partial charge in [-0.05, 0) is 25.5 Å². The van der Waals surface area contributed by atoms with E-state index < -0.39 is 11.2 Å². The van der Waals surface area contributed by atoms with Crippen molar-refractivity contribution in [2.24, 2.45) is 5.10 Å². The number of benzene rings is 1. The van der Waals surface area contributed by atoms with Crippen LogP contribution in [0.5, 0.6) is 11.5 Å². The number of aromatic nitrogens is 2. The van der Waals surface area contributed by atoms with E-state index in [2.05, 4.69) is 20.5 Å². The number of hydrazone groups is 1. The zero-order chi connectivity index (χ0) is 19.1. The molecule has 3 N–H and O–H groups in total. The van der Waals surface area contributed by atoms with Gasteiger partial charge in [0.1, 0.15) is 11.5 Å². The van der Waals surface area contributed by atoms with E-state index in [1.165, 1.54) is 13.3 Å². The first-order chi connectivity index (χ1) is 12.4. The Morgan fingerprint density at radius 1 is 1.23 bits per heavy atom. The molecule has 0 saturated heterocycles. The van der Waals surface area contributed by atoms with Gasteiger partial charge in [-0.3, -0.25) is 14.6 Å². The van der Waals surface area contributed by atoms with Crippen molar-refractivity contribution >= 4 is 12.1 Å². The Morgan fingerprint density at radius 2 is 2.00 bits per heavy atom. The first-order valence-electron chi connectivity index (χ1n) is 7.80. The molecule has 0 atom stereocenters. The molecule has 2 rings (SSSR count). The third kappa shape index (κ3) is 4.82. The molecule has 1 aromatic heterocycles. The molecule has 0 saturated carbocycles. The van der Waals surface area contributed by atoms with Gasteiger partial charge in [0.05, 0.1) is 20.4 Å². The van der Waals surface area contributed by atoms with E-state index in [1.807, 2.05) is 0 Å². The lowest BCUT2D eigenvalue weighted by atomic mass is 10.1. The fraction of sp³-hybridized carbons (Fsp3) is 0.294. The molecule has 2 aromatic rings. The zero-order valence-electron chi connectivity index (χ0n) is 14.7. The van der Waals surface area contributed by atoms with Crippen LogP contribution in [0.15, 0.2) is 32.9 Å². The molecule has 138 valence electrons. The summed E-state index contributed by atoms with van der Waals surface area (Å²) in [6.45, 7) is 1.61. The van der Waals surface area contributed by atoms with Gasteiger partial charge in [-0.25, -0.2) is 10.2 Å². The van der Waals surface area contributed by atoms with Gasteiger partial charge in [-0.15, -0.1) is 0 Å². The van der Waals surface area contributed by atoms with E-state index in [4.69, 9.17) is 9.47 Å². The van der Waals surface area contributed by atoms with Crippen molar-refractivity contribution in [3.63, 3.8) is 0 Å². The average molecular weight is 360 g/mol. The van der Waals surface area contributed by atoms with Crippen molar-refractivity contribution < 1.29 is 14.3 Å². The van der Waals surface area contributed by atoms with Crippen molar-refractivity contribution in [3.8, 4) is 11.5 Å². The maximum absolute atomic E-state index is 11.9. The van der Waals surface area contributed by atoms with Gasteiger partial charge in [0.15, 0.2) is 0 Å². The van der Waals surface area contributed by atoms with Crippen molar-refractivity contribution in [3.05, 3.63) is 55.9 Å². The highest BCUT2D eigenvalue weighted by Crippen LogP contribution is 2.22. The molecular formula is C17H20N4O5. The molecule has 0 bridgehead atoms. The van der Waals surface area contributed by atoms with Crippen LogP contribution in [0.25, 0.3) is 0 Å². The molecule has 26 heavy (non-hydrogen) atoms. The minimum Gasteiger partial charge on any atom is -0.497 e. The first kappa shape index (κ1) is 19.0. The summed E-state index contributed by atoms with van der Waals surface area (Å²) in [6, 6.07) is 5.20. The molecule has 0 fully saturated rings. The van der Waals surface area contributed by atoms with Crippen LogP contribution in [0.1, 0.15) is 23.2 Å². The van der Waals surface area contributed by atoms with Crippen LogP contribution in [-0.2, 0) is 11.2 Å². The average Bonchev–Trinajstić information content (AvgIpc) is 2.61. The lowest BCUT2D eigenvalue weighted by molar-refractivity contribution is -0.121. The number of methoxy groups -OCH3 is 2. The molecule has 0 aliphatic heterocycles. The minimum atomic E-state index is -0.571. The molecule has 0 aliphatic carbocycles. The first-order valence-corrected chi connectivity index (χ1v) is 7.80. The van der Waals surface area contributed by atoms with Crippen LogP contribution in [0, 0.1) is 6.92 Å². The lowest BCUT2D eigenvalue weighted by Gasteiger charge is -2.07. The second-order valence-corrected chi connectivity index (χ2v) is 5.41. The standard InChI is InChI=1S/C17H20N4O5/c1-10-13(16(23)20-17(24)19-10)6-7-15(22)21-18-9-11-4-5-12(25-2)8-14(11)26-3/h4-5,8-9H,6-7H2,1-3H3,(H,21,22)(H2,19,20,23,24)/b18-9+. The summed E-state index contributed by atoms with van der Waals surface area (Å²) in [4.78, 5) is 39.4. The van der Waals surface area contributed by atoms with Crippen LogP contribution in [0.2, 0.25) is 0 Å². The van der Waals surface area contributed by atoms with E-state index >= 15 is 0 Å². The predicted octanol–water partition coefficient (Wildman–Crippen LogP) is 0.472. The Hall–Kier alpha value is -3.36. The maximum Gasteiger partial charge on any atom is 0.325 e. The third-order valence-corrected chi connectivity index (χ3v) is 3.69. The predicted molar refractivity (Wildman–Crippen MR) is 96.0 cm³/mol. The number of carbonyl (C=O) groups is 1. The summed E-state index contributed by atoms with van der Waals surface area (Å²) in [5.74, 6) is 0.834. The van der Waals surface area contributed by atoms with Crippen molar-refractivity contribution in [1.82, 2.24) is 15.4 Å². The smallest absolute Gasteiger partial charge is 0.325 e. The van der Waals surface area contributed by atoms with Crippen molar-refractivity contribution in [1.29, 1.82) is 0 Å². The summed E-state index contributed by atoms with van der Waals surface area (Å²) in [7, 11) is 3.08. The number of aryl methyl sites for hydroxylation is 1. The maximum atomic E-state index is 11.9. The Balaban J connectivity index is 1.96. The molecule has 0 aliphatic rings. The van der Waals surface area contributed by atoms with Gasteiger partial charge in [0.25, 0.3) is 5.56 Å². The number of amides is 1. The van der Waals surface area contributed by atoms with Gasteiger partial charge >= 0.3 is 5.69 Å². The normalized spacial score (nSPS) is 10.7. The number of hydrogen-bond donors (Lipinski definition) is 3. The summed E-state index contributed by atoms with van der Waals surface area (Å²) in [6.07, 6.45) is 1.69. The highest BCUT2D eigenvalue weighted by Gasteiger charge is 2.09. The van der Waals surface area contributed by atoms with Gasteiger partial charge in [0.2, 0.25) is 5.91 Å². The van der Waals surface area contributed by atoms with Crippen LogP contribution in [-0.4, -0.2) is 36.3 Å². The Labute approximate surface area is 149 Å². The summed E-state index contributed by atoms with van der Waals surface area (Å²) in [5, 5.41) is 3.89. The van der Waals surface area contributed by atoms with Gasteiger partial charge in [-0.1, -0.05) is 0 Å². The number of nitrogens with zero attached hydrogens (tertiary/aromatic N) is 1. The molecule has 9 heteroatoms. The molecule has 1 heterocycles. The number of hydrogen-bond acceptors (Lipinski definition) is 6. The topological polar surface area (TPSA) is 126 Å². The van der Waals surface area contributed by atoms with E-state index in [1.54, 1.807) is 32.2 Å². The fourth-order valence-electron chi connectivity index (χ4n) is 2.32. The van der Waals surface area contributed by atoms with Crippen LogP contribution in [0.4, 0.5) is 0 Å². The molecule has 0 unspecified atom stereocenters. The van der Waals surface area contributed by atoms with E-state index in [9.17, 15) is 14.4 Å². The fourth-order valence-corrected chi connectivity index (χ4v) is 2.32. The number of H-pyrrole nitrogens is 2. The number of ether oxygens (including phenoxy) is 2. The molecule has 0 radical (unpaired) electrons. The number of carbonyl (C=O) groups excluding carboxylic acids is 1. The third-order valence-electron chi connectivity index (χ3n) is 3.69. The minimum absolute atomic E-state index is 0.0487. The van der Waals surface area contributed by atoms with Crippen LogP contribution >= 0.6 is 0 Å². The summed E-state index contributed by atoms with van der Waals surface area (Å²) < 4.78 is 10.3. The molecule has 1 aromatic carbocycles. The summed E-state index contributed by atoms with van der Waals surface area (Å²) in [5.41, 5.74) is 2.80. The largest absolute Gasteiger partial charge is 0.497 e. The Kier molecular flexibility index (Phi) is 6.31. The molecular weight excluding hydrogens is 340 g/mol. The number of aromatic amines is 2. The second-order valence-electron chi connectivity index (χ2n) is 5.41. The van der Waals surface area contributed by atoms with E-state index in [0.717, 1.165) is 0 Å². The highest BCUT2D eigenvalue weighted by atomic mass is 16.5. The van der Waals surface area contributed by atoms with Gasteiger partial charge in [-0.2, -0.15) is 5.10 Å². The van der Waals surface area contributed by atoms with Gasteiger partial charge < -0.3 is 14.5 Å². The van der Waals surface area contributed by atoms with Crippen LogP contribution in [0.3, 0.4) is 0 Å². The monoisotopic (exact) mass is 360 g/mol. The van der Waals surface area contributed by atoms with Crippen molar-refractivity contribution in [2.75, 3.05) is 14.2 Å². The van der Waals surface area contributed by atoms with E-state index in [0.29, 0.717) is 28.3 Å². The van der Waals surface area contributed by atoms with Crippen LogP contribution < -0.4 is 26.1 Å². The molecule has 1 amide bonds. The lowest BCUT2D eigenvalue weighted by Crippen LogP contribution is -2.28. The SMILES string of the molecule is COc1ccc(/C=N/NC(=O)CCc2c(C)[nH]c(=O)[nH]c2=O)c(OC)c1. The Bertz CT molecular complexity index is 929. The Morgan fingerprint density at radius 3 is 2.65 bits per heavy atom. The molecule has 9 nitrogen and oxygen atoms in total. The second kappa shape index (κ2) is 8.65. The summed E-state index contributed by atoms with van der Waals surface area (Å²) >= 11 is 0. The van der Waals surface area contributed by atoms with Crippen molar-refractivity contribution in [2.45, 2.75) is 19.8 Å². The quantitative estimate of drug-likeness (QED) is 0.489. The molecule has 0 spiro atoms. The van der Waals surface area contributed by atoms with E-state index in [-0.39, 0.29) is 18.7 Å². The number of rotatable bonds is 7. The highest BCUT2D eigenvalue weighted by molar-refractivity contribution is 5.85. The number of nitrogens with one attached hydrogen (secondary N) is 3.